The topological polar surface area (TPSA) is 66.8 Å². The van der Waals surface area contributed by atoms with E-state index in [1.807, 2.05) is 18.4 Å². The number of likely N-dealkylation sites (N-methyl/N-ethyl adjacent to an activating group) is 1. The molecule has 104 valence electrons. The molecule has 1 aromatic heterocycles. The Balaban J connectivity index is 2.53. The molecule has 1 aromatic rings. The number of carboxylic acids is 1. The average Bonchev–Trinajstić information content (AvgIpc) is 2.81. The minimum Gasteiger partial charge on any atom is -0.478 e. The van der Waals surface area contributed by atoms with Crippen molar-refractivity contribution in [2.75, 3.05) is 20.3 Å². The quantitative estimate of drug-likeness (QED) is 0.775. The summed E-state index contributed by atoms with van der Waals surface area (Å²) in [5.41, 5.74) is 0.827. The molecule has 0 spiro atoms. The number of carboxylic acid groups (broad SMARTS) is 1. The molecule has 0 atom stereocenters. The Morgan fingerprint density at radius 1 is 1.53 bits per heavy atom. The summed E-state index contributed by atoms with van der Waals surface area (Å²) in [7, 11) is 1.72. The molecule has 0 radical (unpaired) electrons. The van der Waals surface area contributed by atoms with Crippen LogP contribution in [0.3, 0.4) is 0 Å². The average molecular weight is 283 g/mol. The molecule has 0 saturated heterocycles. The van der Waals surface area contributed by atoms with Crippen LogP contribution in [0.4, 0.5) is 0 Å². The Labute approximate surface area is 116 Å². The Kier molecular flexibility index (Phi) is 6.24. The summed E-state index contributed by atoms with van der Waals surface area (Å²) in [5.74, 6) is -1.05. The van der Waals surface area contributed by atoms with E-state index in [4.69, 9.17) is 9.84 Å². The van der Waals surface area contributed by atoms with Crippen LogP contribution in [0.1, 0.15) is 17.4 Å². The normalized spacial score (nSPS) is 10.8. The number of hydrogen-bond acceptors (Lipinski definition) is 4. The number of rotatable bonds is 7. The summed E-state index contributed by atoms with van der Waals surface area (Å²) in [6, 6.07) is 1.87. The van der Waals surface area contributed by atoms with Crippen LogP contribution in [-0.2, 0) is 20.9 Å². The molecule has 0 unspecified atom stereocenters. The standard InChI is InChI=1S/C13H17NO4S/c1-3-18-8-12(15)14(2)7-11-6-10(9-19-11)4-5-13(16)17/h4-6,9H,3,7-8H2,1-2H3,(H,16,17). The number of thiophene rings is 1. The van der Waals surface area contributed by atoms with Gasteiger partial charge in [-0.1, -0.05) is 0 Å². The maximum Gasteiger partial charge on any atom is 0.328 e. The van der Waals surface area contributed by atoms with Crippen molar-refractivity contribution in [3.8, 4) is 0 Å². The number of amides is 1. The largest absolute Gasteiger partial charge is 0.478 e. The van der Waals surface area contributed by atoms with Crippen molar-refractivity contribution in [2.45, 2.75) is 13.5 Å². The van der Waals surface area contributed by atoms with E-state index in [1.54, 1.807) is 11.9 Å². The predicted octanol–water partition coefficient (Wildman–Crippen LogP) is 1.84. The van der Waals surface area contributed by atoms with Crippen molar-refractivity contribution < 1.29 is 19.4 Å². The van der Waals surface area contributed by atoms with Crippen molar-refractivity contribution in [1.29, 1.82) is 0 Å². The summed E-state index contributed by atoms with van der Waals surface area (Å²) >= 11 is 1.49. The number of carbonyl (C=O) groups excluding carboxylic acids is 1. The minimum atomic E-state index is -0.975. The lowest BCUT2D eigenvalue weighted by Crippen LogP contribution is -2.29. The molecule has 0 aliphatic rings. The van der Waals surface area contributed by atoms with E-state index < -0.39 is 5.97 Å². The van der Waals surface area contributed by atoms with Gasteiger partial charge in [0.15, 0.2) is 0 Å². The van der Waals surface area contributed by atoms with Crippen molar-refractivity contribution >= 4 is 29.3 Å². The number of aliphatic carboxylic acids is 1. The van der Waals surface area contributed by atoms with Crippen LogP contribution in [0.5, 0.6) is 0 Å². The third-order valence-electron chi connectivity index (χ3n) is 2.34. The van der Waals surface area contributed by atoms with Gasteiger partial charge in [0.2, 0.25) is 5.91 Å². The van der Waals surface area contributed by atoms with Gasteiger partial charge in [0.05, 0.1) is 6.54 Å². The zero-order valence-electron chi connectivity index (χ0n) is 11.0. The molecule has 19 heavy (non-hydrogen) atoms. The fourth-order valence-electron chi connectivity index (χ4n) is 1.36. The highest BCUT2D eigenvalue weighted by Gasteiger charge is 2.10. The van der Waals surface area contributed by atoms with Crippen LogP contribution in [0.2, 0.25) is 0 Å². The second kappa shape index (κ2) is 7.70. The van der Waals surface area contributed by atoms with Gasteiger partial charge in [0, 0.05) is 24.6 Å². The fraction of sp³-hybridized carbons (Fsp3) is 0.385. The Morgan fingerprint density at radius 2 is 2.26 bits per heavy atom. The Morgan fingerprint density at radius 3 is 2.89 bits per heavy atom. The van der Waals surface area contributed by atoms with Crippen molar-refractivity contribution in [3.63, 3.8) is 0 Å². The second-order valence-corrected chi connectivity index (χ2v) is 4.90. The number of nitrogens with zero attached hydrogens (tertiary/aromatic N) is 1. The lowest BCUT2D eigenvalue weighted by molar-refractivity contribution is -0.135. The first-order chi connectivity index (χ1) is 9.02. The maximum atomic E-state index is 11.6. The van der Waals surface area contributed by atoms with Crippen molar-refractivity contribution in [1.82, 2.24) is 4.90 Å². The molecule has 0 bridgehead atoms. The van der Waals surface area contributed by atoms with Crippen LogP contribution < -0.4 is 0 Å². The van der Waals surface area contributed by atoms with E-state index in [-0.39, 0.29) is 12.5 Å². The van der Waals surface area contributed by atoms with Gasteiger partial charge >= 0.3 is 5.97 Å². The van der Waals surface area contributed by atoms with Crippen LogP contribution >= 0.6 is 11.3 Å². The van der Waals surface area contributed by atoms with Gasteiger partial charge in [-0.05, 0) is 30.0 Å². The van der Waals surface area contributed by atoms with E-state index in [1.165, 1.54) is 17.4 Å². The van der Waals surface area contributed by atoms with E-state index in [0.29, 0.717) is 13.2 Å². The van der Waals surface area contributed by atoms with E-state index in [9.17, 15) is 9.59 Å². The molecule has 0 aliphatic carbocycles. The fourth-order valence-corrected chi connectivity index (χ4v) is 2.26. The van der Waals surface area contributed by atoms with Crippen molar-refractivity contribution in [3.05, 3.63) is 28.0 Å². The summed E-state index contributed by atoms with van der Waals surface area (Å²) in [4.78, 5) is 24.6. The summed E-state index contributed by atoms with van der Waals surface area (Å²) in [5, 5.41) is 10.4. The Hall–Kier alpha value is -1.66. The van der Waals surface area contributed by atoms with Crippen LogP contribution in [-0.4, -0.2) is 42.1 Å². The first-order valence-corrected chi connectivity index (χ1v) is 6.71. The lowest BCUT2D eigenvalue weighted by Gasteiger charge is -2.15. The molecule has 1 N–H and O–H groups in total. The minimum absolute atomic E-state index is 0.0714. The molecule has 1 rings (SSSR count). The van der Waals surface area contributed by atoms with E-state index in [0.717, 1.165) is 16.5 Å². The smallest absolute Gasteiger partial charge is 0.328 e. The summed E-state index contributed by atoms with van der Waals surface area (Å²) in [6.07, 6.45) is 2.63. The van der Waals surface area contributed by atoms with Crippen LogP contribution in [0.15, 0.2) is 17.5 Å². The third-order valence-corrected chi connectivity index (χ3v) is 3.28. The highest BCUT2D eigenvalue weighted by molar-refractivity contribution is 7.10. The zero-order valence-corrected chi connectivity index (χ0v) is 11.8. The van der Waals surface area contributed by atoms with E-state index >= 15 is 0 Å². The number of ether oxygens (including phenoxy) is 1. The number of hydrogen-bond donors (Lipinski definition) is 1. The zero-order chi connectivity index (χ0) is 14.3. The van der Waals surface area contributed by atoms with Crippen LogP contribution in [0, 0.1) is 0 Å². The van der Waals surface area contributed by atoms with Crippen LogP contribution in [0.25, 0.3) is 6.08 Å². The third kappa shape index (κ3) is 5.67. The van der Waals surface area contributed by atoms with Gasteiger partial charge in [-0.25, -0.2) is 4.79 Å². The van der Waals surface area contributed by atoms with Gasteiger partial charge in [-0.3, -0.25) is 4.79 Å². The molecule has 0 saturated carbocycles. The number of carbonyl (C=O) groups is 2. The molecule has 0 aromatic carbocycles. The monoisotopic (exact) mass is 283 g/mol. The highest BCUT2D eigenvalue weighted by atomic mass is 32.1. The van der Waals surface area contributed by atoms with Gasteiger partial charge in [-0.2, -0.15) is 0 Å². The lowest BCUT2D eigenvalue weighted by atomic mass is 10.3. The SMILES string of the molecule is CCOCC(=O)N(C)Cc1cc(C=CC(=O)O)cs1. The molecule has 1 amide bonds. The van der Waals surface area contributed by atoms with Gasteiger partial charge in [-0.15, -0.1) is 11.3 Å². The molecule has 1 heterocycles. The summed E-state index contributed by atoms with van der Waals surface area (Å²) in [6.45, 7) is 2.94. The predicted molar refractivity (Wildman–Crippen MR) is 74.0 cm³/mol. The van der Waals surface area contributed by atoms with Gasteiger partial charge in [0.25, 0.3) is 0 Å². The van der Waals surface area contributed by atoms with Gasteiger partial charge in [0.1, 0.15) is 6.61 Å². The molecular weight excluding hydrogens is 266 g/mol. The maximum absolute atomic E-state index is 11.6. The molecule has 0 fully saturated rings. The molecule has 5 nitrogen and oxygen atoms in total. The Bertz CT molecular complexity index is 467. The van der Waals surface area contributed by atoms with E-state index in [2.05, 4.69) is 0 Å². The molecule has 6 heteroatoms. The molecule has 0 aliphatic heterocycles. The summed E-state index contributed by atoms with van der Waals surface area (Å²) < 4.78 is 5.06. The van der Waals surface area contributed by atoms with Crippen molar-refractivity contribution in [2.24, 2.45) is 0 Å². The van der Waals surface area contributed by atoms with Gasteiger partial charge < -0.3 is 14.7 Å². The first-order valence-electron chi connectivity index (χ1n) is 5.83. The molecular formula is C13H17NO4S. The highest BCUT2D eigenvalue weighted by Crippen LogP contribution is 2.17. The second-order valence-electron chi connectivity index (χ2n) is 3.90. The first kappa shape index (κ1) is 15.4.